The number of nitrogens with one attached hydrogen (secondary N) is 1. The average molecular weight is 531 g/mol. The largest absolute Gasteiger partial charge is 0.349 e. The van der Waals surface area contributed by atoms with Gasteiger partial charge in [0.2, 0.25) is 11.8 Å². The molecule has 1 saturated carbocycles. The molecule has 0 aromatic heterocycles. The molecule has 2 amide bonds. The first-order valence-corrected chi connectivity index (χ1v) is 13.4. The molecule has 1 atom stereocenters. The Morgan fingerprint density at radius 1 is 1.06 bits per heavy atom. The number of piperidine rings is 1. The summed E-state index contributed by atoms with van der Waals surface area (Å²) < 4.78 is 0. The van der Waals surface area contributed by atoms with Crippen LogP contribution in [0.4, 0.5) is 0 Å². The molecule has 3 aliphatic rings. The van der Waals surface area contributed by atoms with E-state index in [1.807, 2.05) is 47.4 Å². The number of nitrogens with zero attached hydrogens (tertiary/aromatic N) is 2. The first-order chi connectivity index (χ1) is 17.0. The third-order valence-corrected chi connectivity index (χ3v) is 8.30. The molecule has 2 heterocycles. The van der Waals surface area contributed by atoms with Crippen molar-refractivity contribution in [1.29, 1.82) is 0 Å². The van der Waals surface area contributed by atoms with E-state index < -0.39 is 0 Å². The average Bonchev–Trinajstić information content (AvgIpc) is 3.62. The van der Waals surface area contributed by atoms with Crippen LogP contribution >= 0.6 is 24.0 Å². The minimum atomic E-state index is 0. The van der Waals surface area contributed by atoms with E-state index in [1.54, 1.807) is 0 Å². The van der Waals surface area contributed by atoms with E-state index in [1.165, 1.54) is 18.4 Å². The number of rotatable bonds is 9. The molecule has 7 heteroatoms. The maximum Gasteiger partial charge on any atom is 0.223 e. The molecule has 2 saturated heterocycles. The number of amides is 2. The zero-order valence-electron chi connectivity index (χ0n) is 20.8. The summed E-state index contributed by atoms with van der Waals surface area (Å²) in [5, 5.41) is 4.03. The summed E-state index contributed by atoms with van der Waals surface area (Å²) in [5.41, 5.74) is 2.43. The van der Waals surface area contributed by atoms with Crippen molar-refractivity contribution < 1.29 is 9.59 Å². The van der Waals surface area contributed by atoms with Crippen molar-refractivity contribution in [3.05, 3.63) is 70.7 Å². The molecule has 5 nitrogen and oxygen atoms in total. The molecule has 5 rings (SSSR count). The van der Waals surface area contributed by atoms with Crippen molar-refractivity contribution >= 4 is 35.8 Å². The van der Waals surface area contributed by atoms with Gasteiger partial charge in [0.25, 0.3) is 0 Å². The maximum atomic E-state index is 12.8. The van der Waals surface area contributed by atoms with Gasteiger partial charge in [-0.3, -0.25) is 9.59 Å². The van der Waals surface area contributed by atoms with E-state index in [-0.39, 0.29) is 35.7 Å². The van der Waals surface area contributed by atoms with Crippen LogP contribution in [0.15, 0.2) is 54.6 Å². The van der Waals surface area contributed by atoms with Crippen LogP contribution in [-0.2, 0) is 16.1 Å². The Labute approximate surface area is 226 Å². The van der Waals surface area contributed by atoms with E-state index >= 15 is 0 Å². The Morgan fingerprint density at radius 3 is 2.42 bits per heavy atom. The summed E-state index contributed by atoms with van der Waals surface area (Å²) in [6.45, 7) is 4.51. The van der Waals surface area contributed by atoms with E-state index in [4.69, 9.17) is 11.6 Å². The van der Waals surface area contributed by atoms with Gasteiger partial charge in [0, 0.05) is 37.5 Å². The van der Waals surface area contributed by atoms with Gasteiger partial charge >= 0.3 is 0 Å². The Balaban J connectivity index is 0.00000304. The van der Waals surface area contributed by atoms with Gasteiger partial charge in [0.05, 0.1) is 6.04 Å². The lowest BCUT2D eigenvalue weighted by molar-refractivity contribution is -0.128. The van der Waals surface area contributed by atoms with Gasteiger partial charge in [0.15, 0.2) is 0 Å². The van der Waals surface area contributed by atoms with Gasteiger partial charge in [-0.15, -0.1) is 12.4 Å². The van der Waals surface area contributed by atoms with E-state index in [2.05, 4.69) is 22.3 Å². The van der Waals surface area contributed by atoms with Gasteiger partial charge in [-0.25, -0.2) is 0 Å². The third kappa shape index (κ3) is 7.02. The summed E-state index contributed by atoms with van der Waals surface area (Å²) in [4.78, 5) is 29.9. The molecule has 3 fully saturated rings. The highest BCUT2D eigenvalue weighted by Crippen LogP contribution is 2.41. The van der Waals surface area contributed by atoms with Crippen LogP contribution in [0.2, 0.25) is 5.02 Å². The van der Waals surface area contributed by atoms with E-state index in [9.17, 15) is 9.59 Å². The zero-order valence-corrected chi connectivity index (χ0v) is 22.4. The molecule has 0 radical (unpaired) electrons. The second-order valence-corrected chi connectivity index (χ2v) is 11.3. The summed E-state index contributed by atoms with van der Waals surface area (Å²) in [6, 6.07) is 18.2. The number of hydrogen-bond acceptors (Lipinski definition) is 3. The molecule has 1 N–H and O–H groups in total. The van der Waals surface area contributed by atoms with Crippen LogP contribution in [0.3, 0.4) is 0 Å². The fraction of sp³-hybridized carbons (Fsp3) is 0.517. The fourth-order valence-corrected chi connectivity index (χ4v) is 5.80. The van der Waals surface area contributed by atoms with Gasteiger partial charge in [-0.2, -0.15) is 0 Å². The van der Waals surface area contributed by atoms with Gasteiger partial charge in [0.1, 0.15) is 0 Å². The lowest BCUT2D eigenvalue weighted by Gasteiger charge is -2.39. The molecule has 2 aliphatic heterocycles. The van der Waals surface area contributed by atoms with Crippen LogP contribution in [0.5, 0.6) is 0 Å². The van der Waals surface area contributed by atoms with Crippen LogP contribution in [-0.4, -0.2) is 47.8 Å². The number of carbonyl (C=O) groups excluding carboxylic acids is 2. The minimum absolute atomic E-state index is 0. The third-order valence-electron chi connectivity index (χ3n) is 8.05. The number of halogens is 2. The summed E-state index contributed by atoms with van der Waals surface area (Å²) in [6.07, 6.45) is 6.74. The quantitative estimate of drug-likeness (QED) is 0.458. The number of hydrogen-bond donors (Lipinski definition) is 1. The normalized spacial score (nSPS) is 20.2. The molecule has 194 valence electrons. The molecular weight excluding hydrogens is 493 g/mol. The second kappa shape index (κ2) is 12.0. The number of carbonyl (C=O) groups is 2. The van der Waals surface area contributed by atoms with Crippen LogP contribution in [0.1, 0.15) is 62.1 Å². The first-order valence-electron chi connectivity index (χ1n) is 13.1. The Bertz CT molecular complexity index is 1020. The van der Waals surface area contributed by atoms with Crippen LogP contribution in [0, 0.1) is 11.3 Å². The predicted octanol–water partition coefficient (Wildman–Crippen LogP) is 5.62. The topological polar surface area (TPSA) is 52.7 Å². The van der Waals surface area contributed by atoms with Crippen LogP contribution < -0.4 is 5.32 Å². The highest BCUT2D eigenvalue weighted by Gasteiger charge is 2.44. The standard InChI is InChI=1S/C29H36ClN3O2.ClH/c30-25-10-8-23(9-11-25)20-33-21-29(19-28(33)35)13-16-32(17-14-29)15-12-26(24-4-2-1-3-5-24)31-27(34)18-22-6-7-22;/h1-5,8-11,22,26H,6-7,12-21H2,(H,31,34);1H/t26-;/m0./s1. The first kappa shape index (κ1) is 27.0. The zero-order chi connectivity index (χ0) is 24.3. The van der Waals surface area contributed by atoms with Crippen molar-refractivity contribution in [2.24, 2.45) is 11.3 Å². The molecule has 2 aromatic carbocycles. The van der Waals surface area contributed by atoms with Gasteiger partial charge in [-0.1, -0.05) is 54.1 Å². The van der Waals surface area contributed by atoms with Crippen molar-refractivity contribution in [2.75, 3.05) is 26.2 Å². The Morgan fingerprint density at radius 2 is 1.75 bits per heavy atom. The summed E-state index contributed by atoms with van der Waals surface area (Å²) >= 11 is 6.01. The molecule has 0 bridgehead atoms. The van der Waals surface area contributed by atoms with Gasteiger partial charge in [-0.05, 0) is 79.8 Å². The molecule has 2 aromatic rings. The molecule has 36 heavy (non-hydrogen) atoms. The second-order valence-electron chi connectivity index (χ2n) is 10.9. The molecule has 0 unspecified atom stereocenters. The van der Waals surface area contributed by atoms with Crippen molar-refractivity contribution in [3.8, 4) is 0 Å². The SMILES string of the molecule is Cl.O=C(CC1CC1)N[C@@H](CCN1CCC2(CC1)CC(=O)N(Cc1ccc(Cl)cc1)C2)c1ccccc1. The minimum Gasteiger partial charge on any atom is -0.349 e. The van der Waals surface area contributed by atoms with Crippen molar-refractivity contribution in [1.82, 2.24) is 15.1 Å². The van der Waals surface area contributed by atoms with Crippen molar-refractivity contribution in [3.63, 3.8) is 0 Å². The number of likely N-dealkylation sites (tertiary alicyclic amines) is 2. The van der Waals surface area contributed by atoms with Crippen LogP contribution in [0.25, 0.3) is 0 Å². The Hall–Kier alpha value is -2.08. The smallest absolute Gasteiger partial charge is 0.223 e. The van der Waals surface area contributed by atoms with Crippen molar-refractivity contribution in [2.45, 2.75) is 57.5 Å². The molecule has 1 aliphatic carbocycles. The highest BCUT2D eigenvalue weighted by molar-refractivity contribution is 6.30. The molecular formula is C29H37Cl2N3O2. The Kier molecular flexibility index (Phi) is 8.97. The van der Waals surface area contributed by atoms with E-state index in [0.29, 0.717) is 25.3 Å². The lowest BCUT2D eigenvalue weighted by atomic mass is 9.77. The summed E-state index contributed by atoms with van der Waals surface area (Å²) in [7, 11) is 0. The predicted molar refractivity (Wildman–Crippen MR) is 146 cm³/mol. The number of benzene rings is 2. The summed E-state index contributed by atoms with van der Waals surface area (Å²) in [5.74, 6) is 1.05. The lowest BCUT2D eigenvalue weighted by Crippen LogP contribution is -2.42. The van der Waals surface area contributed by atoms with E-state index in [0.717, 1.165) is 56.0 Å². The highest BCUT2D eigenvalue weighted by atomic mass is 35.5. The molecule has 1 spiro atoms. The monoisotopic (exact) mass is 529 g/mol. The van der Waals surface area contributed by atoms with Gasteiger partial charge < -0.3 is 15.1 Å². The fourth-order valence-electron chi connectivity index (χ4n) is 5.68. The maximum absolute atomic E-state index is 12.8.